The van der Waals surface area contributed by atoms with Gasteiger partial charge in [-0.15, -0.1) is 0 Å². The maximum atomic E-state index is 12.9. The lowest BCUT2D eigenvalue weighted by molar-refractivity contribution is 0.0930. The average molecular weight is 562 g/mol. The first kappa shape index (κ1) is 27.3. The van der Waals surface area contributed by atoms with Gasteiger partial charge in [-0.2, -0.15) is 4.98 Å². The van der Waals surface area contributed by atoms with Crippen LogP contribution in [0.5, 0.6) is 0 Å². The Morgan fingerprint density at radius 2 is 1.83 bits per heavy atom. The second kappa shape index (κ2) is 12.3. The molecule has 9 nitrogen and oxygen atoms in total. The molecule has 2 atom stereocenters. The first-order valence-corrected chi connectivity index (χ1v) is 14.4. The van der Waals surface area contributed by atoms with Crippen LogP contribution in [0.3, 0.4) is 0 Å². The number of fused-ring (bicyclic) bond motifs is 1. The molecule has 6 rings (SSSR count). The summed E-state index contributed by atoms with van der Waals surface area (Å²) in [6, 6.07) is 28.3. The van der Waals surface area contributed by atoms with Gasteiger partial charge in [-0.3, -0.25) is 4.57 Å². The Morgan fingerprint density at radius 1 is 1.05 bits per heavy atom. The summed E-state index contributed by atoms with van der Waals surface area (Å²) in [5.74, 6) is 1.30. The summed E-state index contributed by atoms with van der Waals surface area (Å²) in [6.45, 7) is 3.81. The molecule has 2 aromatic heterocycles. The molecule has 0 spiro atoms. The fraction of sp³-hybridized carbons (Fsp3) is 0.273. The first-order valence-electron chi connectivity index (χ1n) is 14.4. The van der Waals surface area contributed by atoms with E-state index in [1.54, 1.807) is 12.5 Å². The number of ether oxygens (including phenoxy) is 1. The summed E-state index contributed by atoms with van der Waals surface area (Å²) >= 11 is 0. The predicted octanol–water partition coefficient (Wildman–Crippen LogP) is 6.23. The van der Waals surface area contributed by atoms with Crippen LogP contribution in [0.4, 0.5) is 16.4 Å². The molecule has 214 valence electrons. The third-order valence-corrected chi connectivity index (χ3v) is 7.81. The third kappa shape index (κ3) is 6.05. The average Bonchev–Trinajstić information content (AvgIpc) is 3.68. The number of hydrogen-bond acceptors (Lipinski definition) is 7. The number of carbonyl (C=O) groups is 1. The smallest absolute Gasteiger partial charge is 0.410 e. The van der Waals surface area contributed by atoms with Crippen LogP contribution in [0.2, 0.25) is 0 Å². The van der Waals surface area contributed by atoms with Gasteiger partial charge in [0.15, 0.2) is 0 Å². The van der Waals surface area contributed by atoms with Crippen molar-refractivity contribution in [3.8, 4) is 5.82 Å². The molecule has 1 aliphatic rings. The number of rotatable bonds is 9. The Balaban J connectivity index is 1.12. The van der Waals surface area contributed by atoms with E-state index < -0.39 is 0 Å². The summed E-state index contributed by atoms with van der Waals surface area (Å²) in [7, 11) is 2.06. The lowest BCUT2D eigenvalue weighted by Gasteiger charge is -2.29. The maximum Gasteiger partial charge on any atom is 0.410 e. The van der Waals surface area contributed by atoms with Crippen molar-refractivity contribution in [2.75, 3.05) is 30.4 Å². The lowest BCUT2D eigenvalue weighted by Crippen LogP contribution is -2.42. The van der Waals surface area contributed by atoms with Gasteiger partial charge in [-0.1, -0.05) is 60.7 Å². The summed E-state index contributed by atoms with van der Waals surface area (Å²) < 4.78 is 7.60. The zero-order valence-corrected chi connectivity index (χ0v) is 23.9. The van der Waals surface area contributed by atoms with Crippen molar-refractivity contribution in [2.45, 2.75) is 38.5 Å². The summed E-state index contributed by atoms with van der Waals surface area (Å²) in [5.41, 5.74) is 5.03. The Morgan fingerprint density at radius 3 is 2.64 bits per heavy atom. The van der Waals surface area contributed by atoms with Gasteiger partial charge in [-0.25, -0.2) is 14.8 Å². The van der Waals surface area contributed by atoms with Crippen LogP contribution in [0, 0.1) is 0 Å². The standard InChI is InChI=1S/C33H35N7O2/c1-24(26-12-7-4-8-13-26)36-32-34-18-17-31(37-32)40-23-35-29-20-27(15-16-30(29)40)38(2)21-28-14-9-19-39(28)33(41)42-22-25-10-5-3-6-11-25/h3-8,10-13,15-18,20,23-24,28H,9,14,19,21-22H2,1-2H3,(H,34,36,37). The number of nitrogens with one attached hydrogen (secondary N) is 1. The molecule has 1 fully saturated rings. The Kier molecular flexibility index (Phi) is 7.98. The number of carbonyl (C=O) groups excluding carboxylic acids is 1. The summed E-state index contributed by atoms with van der Waals surface area (Å²) in [4.78, 5) is 30.8. The quantitative estimate of drug-likeness (QED) is 0.228. The topological polar surface area (TPSA) is 88.4 Å². The number of benzene rings is 3. The molecule has 5 aromatic rings. The molecule has 0 bridgehead atoms. The molecule has 9 heteroatoms. The van der Waals surface area contributed by atoms with E-state index in [-0.39, 0.29) is 24.8 Å². The highest BCUT2D eigenvalue weighted by Crippen LogP contribution is 2.26. The monoisotopic (exact) mass is 561 g/mol. The molecule has 0 radical (unpaired) electrons. The molecule has 3 heterocycles. The van der Waals surface area contributed by atoms with Crippen LogP contribution in [0.15, 0.2) is 97.5 Å². The zero-order valence-electron chi connectivity index (χ0n) is 23.9. The van der Waals surface area contributed by atoms with E-state index in [1.165, 1.54) is 5.56 Å². The van der Waals surface area contributed by atoms with Crippen LogP contribution in [-0.4, -0.2) is 56.7 Å². The number of likely N-dealkylation sites (N-methyl/N-ethyl adjacent to an activating group) is 1. The van der Waals surface area contributed by atoms with E-state index in [9.17, 15) is 4.79 Å². The van der Waals surface area contributed by atoms with Crippen LogP contribution in [-0.2, 0) is 11.3 Å². The lowest BCUT2D eigenvalue weighted by atomic mass is 10.1. The van der Waals surface area contributed by atoms with E-state index in [0.29, 0.717) is 12.5 Å². The highest BCUT2D eigenvalue weighted by atomic mass is 16.6. The Hall–Kier alpha value is -4.92. The van der Waals surface area contributed by atoms with Crippen molar-refractivity contribution in [1.29, 1.82) is 0 Å². The molecular formula is C33H35N7O2. The Bertz CT molecular complexity index is 1640. The number of anilines is 2. The van der Waals surface area contributed by atoms with Crippen LogP contribution < -0.4 is 10.2 Å². The van der Waals surface area contributed by atoms with Crippen molar-refractivity contribution < 1.29 is 9.53 Å². The normalized spacial score (nSPS) is 15.5. The van der Waals surface area contributed by atoms with Crippen LogP contribution >= 0.6 is 0 Å². The minimum absolute atomic E-state index is 0.0700. The summed E-state index contributed by atoms with van der Waals surface area (Å²) in [6.07, 6.45) is 5.23. The van der Waals surface area contributed by atoms with E-state index in [2.05, 4.69) is 64.5 Å². The minimum Gasteiger partial charge on any atom is -0.445 e. The molecule has 1 saturated heterocycles. The van der Waals surface area contributed by atoms with Gasteiger partial charge in [0.1, 0.15) is 18.8 Å². The Labute approximate surface area is 245 Å². The van der Waals surface area contributed by atoms with Gasteiger partial charge < -0.3 is 19.9 Å². The SMILES string of the molecule is CC(Nc1nccc(-n2cnc3cc(N(C)CC4CCCN4C(=O)OCc4ccccc4)ccc32)n1)c1ccccc1. The number of amides is 1. The number of aromatic nitrogens is 4. The molecular weight excluding hydrogens is 526 g/mol. The molecule has 3 aromatic carbocycles. The predicted molar refractivity (Wildman–Crippen MR) is 165 cm³/mol. The summed E-state index contributed by atoms with van der Waals surface area (Å²) in [5, 5.41) is 3.39. The number of hydrogen-bond donors (Lipinski definition) is 1. The van der Waals surface area contributed by atoms with Crippen molar-refractivity contribution in [3.05, 3.63) is 109 Å². The zero-order chi connectivity index (χ0) is 28.9. The number of likely N-dealkylation sites (tertiary alicyclic amines) is 1. The minimum atomic E-state index is -0.249. The van der Waals surface area contributed by atoms with E-state index in [0.717, 1.165) is 47.5 Å². The van der Waals surface area contributed by atoms with Gasteiger partial charge >= 0.3 is 6.09 Å². The molecule has 2 unspecified atom stereocenters. The number of nitrogens with zero attached hydrogens (tertiary/aromatic N) is 6. The van der Waals surface area contributed by atoms with Crippen LogP contribution in [0.25, 0.3) is 16.9 Å². The molecule has 42 heavy (non-hydrogen) atoms. The fourth-order valence-corrected chi connectivity index (χ4v) is 5.48. The fourth-order valence-electron chi connectivity index (χ4n) is 5.48. The maximum absolute atomic E-state index is 12.9. The van der Waals surface area contributed by atoms with Gasteiger partial charge in [0.25, 0.3) is 0 Å². The van der Waals surface area contributed by atoms with Crippen LogP contribution in [0.1, 0.15) is 36.9 Å². The molecule has 1 amide bonds. The van der Waals surface area contributed by atoms with E-state index in [4.69, 9.17) is 9.72 Å². The molecule has 1 aliphatic heterocycles. The van der Waals surface area contributed by atoms with E-state index >= 15 is 0 Å². The highest BCUT2D eigenvalue weighted by molar-refractivity contribution is 5.81. The molecule has 1 N–H and O–H groups in total. The van der Waals surface area contributed by atoms with Crippen molar-refractivity contribution >= 4 is 28.8 Å². The van der Waals surface area contributed by atoms with Crippen molar-refractivity contribution in [3.63, 3.8) is 0 Å². The second-order valence-corrected chi connectivity index (χ2v) is 10.7. The molecule has 0 aliphatic carbocycles. The van der Waals surface area contributed by atoms with Gasteiger partial charge in [-0.05, 0) is 55.2 Å². The highest BCUT2D eigenvalue weighted by Gasteiger charge is 2.31. The van der Waals surface area contributed by atoms with Crippen molar-refractivity contribution in [2.24, 2.45) is 0 Å². The third-order valence-electron chi connectivity index (χ3n) is 7.81. The van der Waals surface area contributed by atoms with E-state index in [1.807, 2.05) is 64.1 Å². The molecule has 0 saturated carbocycles. The number of imidazole rings is 1. The van der Waals surface area contributed by atoms with Gasteiger partial charge in [0.2, 0.25) is 5.95 Å². The second-order valence-electron chi connectivity index (χ2n) is 10.7. The van der Waals surface area contributed by atoms with Gasteiger partial charge in [0, 0.05) is 32.0 Å². The van der Waals surface area contributed by atoms with Crippen molar-refractivity contribution in [1.82, 2.24) is 24.4 Å². The largest absolute Gasteiger partial charge is 0.445 e. The van der Waals surface area contributed by atoms with Gasteiger partial charge in [0.05, 0.1) is 23.1 Å². The first-order chi connectivity index (χ1) is 20.5.